The van der Waals surface area contributed by atoms with E-state index < -0.39 is 12.1 Å². The van der Waals surface area contributed by atoms with E-state index in [-0.39, 0.29) is 35.7 Å². The predicted octanol–water partition coefficient (Wildman–Crippen LogP) is 3.75. The summed E-state index contributed by atoms with van der Waals surface area (Å²) in [4.78, 5) is 49.2. The summed E-state index contributed by atoms with van der Waals surface area (Å²) in [6.07, 6.45) is 4.24. The Morgan fingerprint density at radius 3 is 2.56 bits per heavy atom. The number of fused-ring (bicyclic) bond motifs is 3. The number of rotatable bonds is 6. The first-order valence-electron chi connectivity index (χ1n) is 14.4. The molecule has 212 valence electrons. The molecule has 0 bridgehead atoms. The van der Waals surface area contributed by atoms with Crippen molar-refractivity contribution in [2.24, 2.45) is 11.7 Å². The Morgan fingerprint density at radius 2 is 1.85 bits per heavy atom. The van der Waals surface area contributed by atoms with Gasteiger partial charge < -0.3 is 19.9 Å². The van der Waals surface area contributed by atoms with Crippen LogP contribution in [0, 0.1) is 5.92 Å². The number of hydrogen-bond acceptors (Lipinski definition) is 6. The Balaban J connectivity index is 1.22. The molecule has 0 radical (unpaired) electrons. The first kappa shape index (κ1) is 25.6. The smallest absolute Gasteiger partial charge is 0.333 e. The third-order valence-corrected chi connectivity index (χ3v) is 8.76. The second-order valence-electron chi connectivity index (χ2n) is 11.8. The normalized spacial score (nSPS) is 24.0. The molecule has 1 aliphatic carbocycles. The topological polar surface area (TPSA) is 114 Å². The maximum atomic E-state index is 13.5. The predicted molar refractivity (Wildman–Crippen MR) is 154 cm³/mol. The number of imidazole rings is 1. The molecule has 10 heteroatoms. The Bertz CT molecular complexity index is 1530. The second-order valence-corrected chi connectivity index (χ2v) is 11.8. The van der Waals surface area contributed by atoms with Gasteiger partial charge in [-0.3, -0.25) is 19.4 Å². The number of amides is 4. The van der Waals surface area contributed by atoms with E-state index in [1.54, 1.807) is 4.90 Å². The lowest BCUT2D eigenvalue weighted by molar-refractivity contribution is -0.128. The number of carbonyl (C=O) groups is 3. The van der Waals surface area contributed by atoms with E-state index in [0.717, 1.165) is 24.1 Å². The first-order chi connectivity index (χ1) is 19.8. The highest BCUT2D eigenvalue weighted by molar-refractivity contribution is 6.14. The van der Waals surface area contributed by atoms with Gasteiger partial charge >= 0.3 is 6.03 Å². The summed E-state index contributed by atoms with van der Waals surface area (Å²) in [6, 6.07) is 14.8. The molecule has 1 aromatic heterocycles. The van der Waals surface area contributed by atoms with Gasteiger partial charge in [0.2, 0.25) is 5.91 Å². The SMILES string of the molecule is CC(C)C1C(=O)N(C2CC2)C(=O)N1c1cn2c(n1)-c1ccc(N3CC(c4ccccc4)C[C@H]3C(N)=O)cc1OCC2. The molecule has 3 fully saturated rings. The minimum atomic E-state index is -0.571. The van der Waals surface area contributed by atoms with Crippen molar-refractivity contribution in [2.75, 3.05) is 23.0 Å². The van der Waals surface area contributed by atoms with E-state index in [1.165, 1.54) is 10.5 Å². The van der Waals surface area contributed by atoms with Crippen LogP contribution in [0.4, 0.5) is 16.3 Å². The van der Waals surface area contributed by atoms with E-state index >= 15 is 0 Å². The number of hydrogen-bond donors (Lipinski definition) is 1. The molecule has 41 heavy (non-hydrogen) atoms. The fraction of sp³-hybridized carbons (Fsp3) is 0.419. The van der Waals surface area contributed by atoms with Crippen LogP contribution in [0.1, 0.15) is 44.6 Å². The summed E-state index contributed by atoms with van der Waals surface area (Å²) in [7, 11) is 0. The number of aromatic nitrogens is 2. The number of ether oxygens (including phenoxy) is 1. The monoisotopic (exact) mass is 554 g/mol. The van der Waals surface area contributed by atoms with Crippen molar-refractivity contribution < 1.29 is 19.1 Å². The van der Waals surface area contributed by atoms with Gasteiger partial charge in [-0.05, 0) is 42.9 Å². The van der Waals surface area contributed by atoms with E-state index in [0.29, 0.717) is 43.5 Å². The van der Waals surface area contributed by atoms with Crippen molar-refractivity contribution >= 4 is 29.4 Å². The maximum absolute atomic E-state index is 13.5. The van der Waals surface area contributed by atoms with Gasteiger partial charge in [-0.2, -0.15) is 0 Å². The molecule has 2 aromatic carbocycles. The van der Waals surface area contributed by atoms with Crippen molar-refractivity contribution in [2.45, 2.75) is 63.7 Å². The minimum Gasteiger partial charge on any atom is -0.491 e. The lowest BCUT2D eigenvalue weighted by atomic mass is 9.96. The molecule has 4 heterocycles. The summed E-state index contributed by atoms with van der Waals surface area (Å²) < 4.78 is 8.16. The van der Waals surface area contributed by atoms with Gasteiger partial charge in [-0.1, -0.05) is 44.2 Å². The van der Waals surface area contributed by atoms with Crippen molar-refractivity contribution in [3.05, 3.63) is 60.3 Å². The number of primary amides is 1. The highest BCUT2D eigenvalue weighted by Crippen LogP contribution is 2.42. The van der Waals surface area contributed by atoms with E-state index in [9.17, 15) is 14.4 Å². The average molecular weight is 555 g/mol. The van der Waals surface area contributed by atoms with Gasteiger partial charge in [0.05, 0.1) is 12.1 Å². The number of anilines is 2. The van der Waals surface area contributed by atoms with Crippen LogP contribution in [-0.4, -0.2) is 63.6 Å². The number of nitrogens with two attached hydrogens (primary N) is 1. The Hall–Kier alpha value is -4.34. The molecule has 10 nitrogen and oxygen atoms in total. The van der Waals surface area contributed by atoms with Gasteiger partial charge in [-0.25, -0.2) is 9.78 Å². The van der Waals surface area contributed by atoms with Gasteiger partial charge in [0, 0.05) is 36.5 Å². The summed E-state index contributed by atoms with van der Waals surface area (Å²) in [6.45, 7) is 5.56. The van der Waals surface area contributed by atoms with Crippen LogP contribution in [0.15, 0.2) is 54.7 Å². The number of nitrogens with zero attached hydrogens (tertiary/aromatic N) is 5. The van der Waals surface area contributed by atoms with Gasteiger partial charge in [0.15, 0.2) is 5.82 Å². The summed E-state index contributed by atoms with van der Waals surface area (Å²) >= 11 is 0. The lowest BCUT2D eigenvalue weighted by Gasteiger charge is -2.25. The highest BCUT2D eigenvalue weighted by Gasteiger charge is 2.53. The molecule has 3 atom stereocenters. The van der Waals surface area contributed by atoms with E-state index in [1.807, 2.05) is 61.0 Å². The molecule has 4 aliphatic rings. The number of carbonyl (C=O) groups excluding carboxylic acids is 3. The first-order valence-corrected chi connectivity index (χ1v) is 14.4. The molecule has 3 aromatic rings. The standard InChI is InChI=1S/C31H34N6O4/c1-18(2)27-30(39)36(21-8-9-21)31(40)37(27)26-17-34-12-13-41-25-15-22(10-11-23(25)29(34)33-26)35-16-20(14-24(35)28(32)38)19-6-4-3-5-7-19/h3-7,10-11,15,17-18,20-21,24,27H,8-9,12-14,16H2,1-2H3,(H2,32,38)/t20?,24-,27?/m0/s1. The largest absolute Gasteiger partial charge is 0.491 e. The number of benzene rings is 2. The van der Waals surface area contributed by atoms with Crippen molar-refractivity contribution in [1.82, 2.24) is 14.5 Å². The Kier molecular flexibility index (Phi) is 6.02. The summed E-state index contributed by atoms with van der Waals surface area (Å²) in [5.41, 5.74) is 8.71. The third-order valence-electron chi connectivity index (χ3n) is 8.76. The van der Waals surface area contributed by atoms with E-state index in [4.69, 9.17) is 15.5 Å². The van der Waals surface area contributed by atoms with Crippen molar-refractivity contribution in [3.63, 3.8) is 0 Å². The number of urea groups is 1. The maximum Gasteiger partial charge on any atom is 0.333 e. The van der Waals surface area contributed by atoms with Crippen LogP contribution >= 0.6 is 0 Å². The van der Waals surface area contributed by atoms with Crippen molar-refractivity contribution in [3.8, 4) is 17.1 Å². The fourth-order valence-electron chi connectivity index (χ4n) is 6.58. The summed E-state index contributed by atoms with van der Waals surface area (Å²) in [5, 5.41) is 0. The van der Waals surface area contributed by atoms with Crippen LogP contribution in [-0.2, 0) is 16.1 Å². The van der Waals surface area contributed by atoms with Gasteiger partial charge in [-0.15, -0.1) is 0 Å². The molecule has 2 unspecified atom stereocenters. The molecule has 2 N–H and O–H groups in total. The molecule has 3 aliphatic heterocycles. The zero-order valence-corrected chi connectivity index (χ0v) is 23.3. The summed E-state index contributed by atoms with van der Waals surface area (Å²) in [5.74, 6) is 1.50. The number of imide groups is 1. The molecular formula is C31H34N6O4. The minimum absolute atomic E-state index is 0.00513. The Labute approximate surface area is 238 Å². The van der Waals surface area contributed by atoms with Crippen LogP contribution in [0.2, 0.25) is 0 Å². The van der Waals surface area contributed by atoms with Gasteiger partial charge in [0.25, 0.3) is 5.91 Å². The van der Waals surface area contributed by atoms with Gasteiger partial charge in [0.1, 0.15) is 30.3 Å². The zero-order chi connectivity index (χ0) is 28.4. The van der Waals surface area contributed by atoms with Crippen LogP contribution in [0.25, 0.3) is 11.4 Å². The third kappa shape index (κ3) is 4.24. The molecule has 0 spiro atoms. The molecular weight excluding hydrogens is 520 g/mol. The lowest BCUT2D eigenvalue weighted by Crippen LogP contribution is -2.40. The van der Waals surface area contributed by atoms with E-state index in [2.05, 4.69) is 17.0 Å². The average Bonchev–Trinajstić information content (AvgIpc) is 3.48. The highest BCUT2D eigenvalue weighted by atomic mass is 16.5. The molecule has 7 rings (SSSR count). The second kappa shape index (κ2) is 9.64. The van der Waals surface area contributed by atoms with Crippen molar-refractivity contribution in [1.29, 1.82) is 0 Å². The van der Waals surface area contributed by atoms with Crippen LogP contribution < -0.4 is 20.3 Å². The fourth-order valence-corrected chi connectivity index (χ4v) is 6.58. The zero-order valence-electron chi connectivity index (χ0n) is 23.3. The quantitative estimate of drug-likeness (QED) is 0.465. The Morgan fingerprint density at radius 1 is 1.07 bits per heavy atom. The molecule has 1 saturated carbocycles. The molecule has 2 saturated heterocycles. The molecule has 4 amide bonds. The van der Waals surface area contributed by atoms with Crippen LogP contribution in [0.5, 0.6) is 5.75 Å². The van der Waals surface area contributed by atoms with Crippen LogP contribution in [0.3, 0.4) is 0 Å².